The molecule has 8 nitrogen and oxygen atoms in total. The fourth-order valence-electron chi connectivity index (χ4n) is 2.69. The molecule has 1 fully saturated rings. The van der Waals surface area contributed by atoms with Crippen molar-refractivity contribution in [2.45, 2.75) is 6.42 Å². The van der Waals surface area contributed by atoms with Crippen molar-refractivity contribution in [1.82, 2.24) is 20.2 Å². The fourth-order valence-corrected chi connectivity index (χ4v) is 3.93. The molecule has 1 aromatic carbocycles. The van der Waals surface area contributed by atoms with Gasteiger partial charge in [-0.3, -0.25) is 14.5 Å². The normalized spacial score (nSPS) is 15.1. The summed E-state index contributed by atoms with van der Waals surface area (Å²) in [5.41, 5.74) is 1.61. The quantitative estimate of drug-likeness (QED) is 0.486. The number of methoxy groups -OCH3 is 2. The van der Waals surface area contributed by atoms with Gasteiger partial charge in [-0.05, 0) is 24.3 Å². The molecule has 29 heavy (non-hydrogen) atoms. The van der Waals surface area contributed by atoms with Crippen molar-refractivity contribution in [3.05, 3.63) is 46.9 Å². The number of carbonyl (C=O) groups is 2. The van der Waals surface area contributed by atoms with Crippen LogP contribution >= 0.6 is 24.0 Å². The van der Waals surface area contributed by atoms with Crippen molar-refractivity contribution in [3.63, 3.8) is 0 Å². The zero-order valence-electron chi connectivity index (χ0n) is 15.9. The number of hydrogen-bond donors (Lipinski definition) is 2. The Balaban J connectivity index is 1.64. The molecule has 2 N–H and O–H groups in total. The molecular weight excluding hydrogens is 412 g/mol. The van der Waals surface area contributed by atoms with E-state index < -0.39 is 0 Å². The second-order valence-corrected chi connectivity index (χ2v) is 7.73. The third kappa shape index (κ3) is 5.15. The van der Waals surface area contributed by atoms with Gasteiger partial charge in [-0.2, -0.15) is 0 Å². The van der Waals surface area contributed by atoms with Crippen LogP contribution in [0.5, 0.6) is 11.5 Å². The molecule has 3 rings (SSSR count). The molecule has 1 saturated heterocycles. The van der Waals surface area contributed by atoms with E-state index >= 15 is 0 Å². The summed E-state index contributed by atoms with van der Waals surface area (Å²) in [6.07, 6.45) is 5.60. The van der Waals surface area contributed by atoms with Gasteiger partial charge < -0.3 is 19.8 Å². The topological polar surface area (TPSA) is 96.6 Å². The van der Waals surface area contributed by atoms with Gasteiger partial charge in [0, 0.05) is 30.4 Å². The number of thioether (sulfide) groups is 1. The van der Waals surface area contributed by atoms with Gasteiger partial charge in [0.15, 0.2) is 0 Å². The van der Waals surface area contributed by atoms with Crippen LogP contribution in [-0.4, -0.2) is 58.3 Å². The molecule has 2 aromatic rings. The minimum absolute atomic E-state index is 0.125. The number of amides is 2. The molecule has 152 valence electrons. The van der Waals surface area contributed by atoms with Gasteiger partial charge in [-0.1, -0.05) is 24.0 Å². The van der Waals surface area contributed by atoms with E-state index in [2.05, 4.69) is 15.3 Å². The van der Waals surface area contributed by atoms with Crippen LogP contribution in [0.3, 0.4) is 0 Å². The maximum atomic E-state index is 12.8. The molecule has 0 atom stereocenters. The predicted octanol–water partition coefficient (Wildman–Crippen LogP) is 1.99. The molecule has 0 unspecified atom stereocenters. The van der Waals surface area contributed by atoms with Crippen LogP contribution in [0.1, 0.15) is 11.3 Å². The van der Waals surface area contributed by atoms with Crippen molar-refractivity contribution in [1.29, 1.82) is 0 Å². The van der Waals surface area contributed by atoms with E-state index in [0.29, 0.717) is 39.3 Å². The van der Waals surface area contributed by atoms with Gasteiger partial charge >= 0.3 is 0 Å². The number of rotatable bonds is 8. The van der Waals surface area contributed by atoms with Crippen LogP contribution in [0.15, 0.2) is 35.6 Å². The Hall–Kier alpha value is -2.85. The average Bonchev–Trinajstić information content (AvgIpc) is 3.32. The molecule has 2 heterocycles. The maximum Gasteiger partial charge on any atom is 0.266 e. The molecule has 0 aliphatic carbocycles. The number of nitrogens with one attached hydrogen (secondary N) is 2. The van der Waals surface area contributed by atoms with E-state index in [9.17, 15) is 9.59 Å². The standard InChI is InChI=1S/C19H20N4O4S2/c1-26-14-3-4-15(27-2)12(7-14)8-16-18(25)23(19(28)29-16)10-17(24)21-6-5-13-9-20-11-22-13/h3-4,7-9,11H,5-6,10H2,1-2H3,(H,20,22)(H,21,24)/b16-8-. The number of benzene rings is 1. The third-order valence-corrected chi connectivity index (χ3v) is 5.55. The summed E-state index contributed by atoms with van der Waals surface area (Å²) in [6, 6.07) is 5.31. The Bertz CT molecular complexity index is 944. The second kappa shape index (κ2) is 9.57. The lowest BCUT2D eigenvalue weighted by Gasteiger charge is -2.14. The first-order valence-corrected chi connectivity index (χ1v) is 9.95. The molecule has 1 aromatic heterocycles. The summed E-state index contributed by atoms with van der Waals surface area (Å²) < 4.78 is 10.9. The van der Waals surface area contributed by atoms with Gasteiger partial charge in [0.2, 0.25) is 5.91 Å². The van der Waals surface area contributed by atoms with Crippen LogP contribution in [-0.2, 0) is 16.0 Å². The van der Waals surface area contributed by atoms with Crippen molar-refractivity contribution in [2.75, 3.05) is 27.3 Å². The highest BCUT2D eigenvalue weighted by Crippen LogP contribution is 2.35. The number of aromatic nitrogens is 2. The second-order valence-electron chi connectivity index (χ2n) is 6.05. The van der Waals surface area contributed by atoms with Gasteiger partial charge in [-0.25, -0.2) is 4.98 Å². The molecule has 0 radical (unpaired) electrons. The van der Waals surface area contributed by atoms with E-state index in [1.165, 1.54) is 4.90 Å². The Morgan fingerprint density at radius 3 is 2.90 bits per heavy atom. The van der Waals surface area contributed by atoms with E-state index in [4.69, 9.17) is 21.7 Å². The Morgan fingerprint density at radius 2 is 2.21 bits per heavy atom. The van der Waals surface area contributed by atoms with Crippen molar-refractivity contribution < 1.29 is 19.1 Å². The molecular formula is C19H20N4O4S2. The minimum Gasteiger partial charge on any atom is -0.497 e. The van der Waals surface area contributed by atoms with Gasteiger partial charge in [0.25, 0.3) is 5.91 Å². The third-order valence-electron chi connectivity index (χ3n) is 4.17. The van der Waals surface area contributed by atoms with Crippen LogP contribution in [0, 0.1) is 0 Å². The highest BCUT2D eigenvalue weighted by atomic mass is 32.2. The fraction of sp³-hybridized carbons (Fsp3) is 0.263. The Kier molecular flexibility index (Phi) is 6.89. The van der Waals surface area contributed by atoms with Crippen molar-refractivity contribution in [2.24, 2.45) is 0 Å². The van der Waals surface area contributed by atoms with Gasteiger partial charge in [0.1, 0.15) is 22.4 Å². The lowest BCUT2D eigenvalue weighted by atomic mass is 10.1. The number of aromatic amines is 1. The lowest BCUT2D eigenvalue weighted by Crippen LogP contribution is -2.40. The summed E-state index contributed by atoms with van der Waals surface area (Å²) in [4.78, 5) is 33.6. The Labute approximate surface area is 177 Å². The van der Waals surface area contributed by atoms with E-state index in [1.807, 2.05) is 0 Å². The van der Waals surface area contributed by atoms with E-state index in [0.717, 1.165) is 17.5 Å². The predicted molar refractivity (Wildman–Crippen MR) is 115 cm³/mol. The first kappa shape index (κ1) is 20.9. The summed E-state index contributed by atoms with van der Waals surface area (Å²) in [6.45, 7) is 0.312. The molecule has 10 heteroatoms. The minimum atomic E-state index is -0.311. The number of carbonyl (C=O) groups excluding carboxylic acids is 2. The number of H-pyrrole nitrogens is 1. The van der Waals surface area contributed by atoms with Crippen LogP contribution in [0.25, 0.3) is 6.08 Å². The number of ether oxygens (including phenoxy) is 2. The largest absolute Gasteiger partial charge is 0.497 e. The number of thiocarbonyl (C=S) groups is 1. The van der Waals surface area contributed by atoms with Crippen LogP contribution in [0.4, 0.5) is 0 Å². The molecule has 0 bridgehead atoms. The van der Waals surface area contributed by atoms with Crippen molar-refractivity contribution >= 4 is 46.2 Å². The first-order valence-electron chi connectivity index (χ1n) is 8.73. The molecule has 1 aliphatic heterocycles. The average molecular weight is 433 g/mol. The number of nitrogens with zero attached hydrogens (tertiary/aromatic N) is 2. The first-order chi connectivity index (χ1) is 14.0. The SMILES string of the molecule is COc1ccc(OC)c(/C=C2\SC(=S)N(CC(=O)NCCc3cnc[nH]3)C2=O)c1. The molecule has 2 amide bonds. The van der Waals surface area contributed by atoms with E-state index in [-0.39, 0.29) is 18.4 Å². The number of hydrogen-bond acceptors (Lipinski definition) is 7. The zero-order chi connectivity index (χ0) is 20.8. The Morgan fingerprint density at radius 1 is 1.38 bits per heavy atom. The summed E-state index contributed by atoms with van der Waals surface area (Å²) in [7, 11) is 3.12. The highest BCUT2D eigenvalue weighted by molar-refractivity contribution is 8.26. The summed E-state index contributed by atoms with van der Waals surface area (Å²) in [5, 5.41) is 2.78. The smallest absolute Gasteiger partial charge is 0.266 e. The molecule has 0 saturated carbocycles. The maximum absolute atomic E-state index is 12.8. The molecule has 1 aliphatic rings. The van der Waals surface area contributed by atoms with Crippen LogP contribution < -0.4 is 14.8 Å². The van der Waals surface area contributed by atoms with Crippen LogP contribution in [0.2, 0.25) is 0 Å². The lowest BCUT2D eigenvalue weighted by molar-refractivity contribution is -0.128. The molecule has 0 spiro atoms. The highest BCUT2D eigenvalue weighted by Gasteiger charge is 2.33. The van der Waals surface area contributed by atoms with Gasteiger partial charge in [0.05, 0.1) is 25.5 Å². The monoisotopic (exact) mass is 432 g/mol. The zero-order valence-corrected chi connectivity index (χ0v) is 17.6. The summed E-state index contributed by atoms with van der Waals surface area (Å²) in [5.74, 6) is 0.659. The van der Waals surface area contributed by atoms with Crippen molar-refractivity contribution in [3.8, 4) is 11.5 Å². The van der Waals surface area contributed by atoms with Gasteiger partial charge in [-0.15, -0.1) is 0 Å². The number of imidazole rings is 1. The summed E-state index contributed by atoms with van der Waals surface area (Å²) >= 11 is 6.45. The van der Waals surface area contributed by atoms with E-state index in [1.54, 1.807) is 51.0 Å².